The summed E-state index contributed by atoms with van der Waals surface area (Å²) in [5.41, 5.74) is 2.87. The van der Waals surface area contributed by atoms with Crippen molar-refractivity contribution in [2.75, 3.05) is 7.11 Å². The van der Waals surface area contributed by atoms with Gasteiger partial charge in [-0.3, -0.25) is 0 Å². The third-order valence-corrected chi connectivity index (χ3v) is 4.64. The summed E-state index contributed by atoms with van der Waals surface area (Å²) in [6, 6.07) is 10.7. The predicted molar refractivity (Wildman–Crippen MR) is 94.8 cm³/mol. The maximum Gasteiger partial charge on any atom is 0.128 e. The van der Waals surface area contributed by atoms with E-state index in [1.165, 1.54) is 17.6 Å². The quantitative estimate of drug-likeness (QED) is 0.734. The van der Waals surface area contributed by atoms with Crippen molar-refractivity contribution < 1.29 is 14.9 Å². The van der Waals surface area contributed by atoms with Gasteiger partial charge in [0.05, 0.1) is 12.0 Å². The fraction of sp³-hybridized carbons (Fsp3) is 0.222. The molecule has 1 heterocycles. The molecule has 6 heteroatoms. The van der Waals surface area contributed by atoms with Crippen LogP contribution in [0.25, 0.3) is 21.7 Å². The molecular formula is C18H18N2O3S. The highest BCUT2D eigenvalue weighted by Crippen LogP contribution is 2.41. The molecule has 0 saturated carbocycles. The van der Waals surface area contributed by atoms with Gasteiger partial charge in [-0.25, -0.2) is 0 Å². The highest BCUT2D eigenvalue weighted by atomic mass is 32.1. The number of phenolic OH excluding ortho intramolecular Hbond substituents is 2. The molecule has 1 aromatic heterocycles. The van der Waals surface area contributed by atoms with Gasteiger partial charge in [-0.2, -0.15) is 0 Å². The lowest BCUT2D eigenvalue weighted by Crippen LogP contribution is -1.92. The van der Waals surface area contributed by atoms with Crippen molar-refractivity contribution >= 4 is 11.5 Å². The summed E-state index contributed by atoms with van der Waals surface area (Å²) in [6.45, 7) is 3.97. The van der Waals surface area contributed by atoms with E-state index in [-0.39, 0.29) is 17.4 Å². The molecule has 24 heavy (non-hydrogen) atoms. The third-order valence-electron chi connectivity index (χ3n) is 3.86. The SMILES string of the molecule is COc1ccc(-c2snnc2-c2cc(C(C)C)c(O)cc2O)cc1. The van der Waals surface area contributed by atoms with Gasteiger partial charge < -0.3 is 14.9 Å². The van der Waals surface area contributed by atoms with Gasteiger partial charge in [-0.05, 0) is 58.9 Å². The normalized spacial score (nSPS) is 11.0. The van der Waals surface area contributed by atoms with E-state index in [4.69, 9.17) is 4.74 Å². The van der Waals surface area contributed by atoms with E-state index in [0.29, 0.717) is 11.3 Å². The zero-order chi connectivity index (χ0) is 17.3. The summed E-state index contributed by atoms with van der Waals surface area (Å²) in [4.78, 5) is 0.855. The van der Waals surface area contributed by atoms with Crippen LogP contribution in [0, 0.1) is 0 Å². The first-order valence-corrected chi connectivity index (χ1v) is 8.31. The second-order valence-electron chi connectivity index (χ2n) is 5.76. The number of aromatic hydroxyl groups is 2. The van der Waals surface area contributed by atoms with E-state index in [1.54, 1.807) is 13.2 Å². The Balaban J connectivity index is 2.11. The highest BCUT2D eigenvalue weighted by molar-refractivity contribution is 7.09. The number of ether oxygens (including phenoxy) is 1. The molecule has 0 spiro atoms. The molecule has 0 unspecified atom stereocenters. The summed E-state index contributed by atoms with van der Waals surface area (Å²) >= 11 is 1.26. The third kappa shape index (κ3) is 2.92. The van der Waals surface area contributed by atoms with Crippen LogP contribution in [0.3, 0.4) is 0 Å². The Kier molecular flexibility index (Phi) is 4.40. The summed E-state index contributed by atoms with van der Waals surface area (Å²) in [5, 5.41) is 24.5. The van der Waals surface area contributed by atoms with Crippen molar-refractivity contribution in [1.29, 1.82) is 0 Å². The molecule has 5 nitrogen and oxygen atoms in total. The number of rotatable bonds is 4. The van der Waals surface area contributed by atoms with Crippen molar-refractivity contribution in [3.63, 3.8) is 0 Å². The lowest BCUT2D eigenvalue weighted by Gasteiger charge is -2.12. The van der Waals surface area contributed by atoms with Crippen molar-refractivity contribution in [3.05, 3.63) is 42.0 Å². The molecule has 0 radical (unpaired) electrons. The van der Waals surface area contributed by atoms with Crippen LogP contribution in [0.1, 0.15) is 25.3 Å². The van der Waals surface area contributed by atoms with E-state index in [0.717, 1.165) is 21.8 Å². The van der Waals surface area contributed by atoms with Crippen molar-refractivity contribution in [2.45, 2.75) is 19.8 Å². The Morgan fingerprint density at radius 1 is 1.04 bits per heavy atom. The number of aromatic nitrogens is 2. The molecule has 124 valence electrons. The first-order chi connectivity index (χ1) is 11.5. The summed E-state index contributed by atoms with van der Waals surface area (Å²) in [5.74, 6) is 0.965. The number of hydrogen-bond donors (Lipinski definition) is 2. The van der Waals surface area contributed by atoms with Crippen LogP contribution >= 0.6 is 11.5 Å². The maximum atomic E-state index is 10.3. The van der Waals surface area contributed by atoms with E-state index in [9.17, 15) is 10.2 Å². The molecule has 0 atom stereocenters. The van der Waals surface area contributed by atoms with Crippen LogP contribution in [-0.2, 0) is 0 Å². The van der Waals surface area contributed by atoms with Gasteiger partial charge in [0.25, 0.3) is 0 Å². The molecule has 0 aliphatic rings. The Morgan fingerprint density at radius 3 is 2.38 bits per heavy atom. The molecule has 2 aromatic carbocycles. The van der Waals surface area contributed by atoms with Gasteiger partial charge in [-0.15, -0.1) is 5.10 Å². The van der Waals surface area contributed by atoms with Crippen molar-refractivity contribution in [2.24, 2.45) is 0 Å². The van der Waals surface area contributed by atoms with Gasteiger partial charge in [0.2, 0.25) is 0 Å². The second-order valence-corrected chi connectivity index (χ2v) is 6.52. The average Bonchev–Trinajstić information content (AvgIpc) is 3.04. The molecular weight excluding hydrogens is 324 g/mol. The number of nitrogens with zero attached hydrogens (tertiary/aromatic N) is 2. The van der Waals surface area contributed by atoms with E-state index >= 15 is 0 Å². The van der Waals surface area contributed by atoms with Crippen LogP contribution in [0.4, 0.5) is 0 Å². The molecule has 0 saturated heterocycles. The van der Waals surface area contributed by atoms with Crippen LogP contribution in [-0.4, -0.2) is 26.9 Å². The van der Waals surface area contributed by atoms with Crippen LogP contribution in [0.5, 0.6) is 17.2 Å². The molecule has 0 amide bonds. The second kappa shape index (κ2) is 6.49. The molecule has 3 aromatic rings. The predicted octanol–water partition coefficient (Wildman–Crippen LogP) is 4.42. The fourth-order valence-corrected chi connectivity index (χ4v) is 3.23. The molecule has 0 aliphatic heterocycles. The monoisotopic (exact) mass is 342 g/mol. The lowest BCUT2D eigenvalue weighted by molar-refractivity contribution is 0.415. The largest absolute Gasteiger partial charge is 0.508 e. The minimum atomic E-state index is -0.0145. The zero-order valence-electron chi connectivity index (χ0n) is 13.6. The minimum Gasteiger partial charge on any atom is -0.508 e. The Morgan fingerprint density at radius 2 is 1.75 bits per heavy atom. The number of methoxy groups -OCH3 is 1. The molecule has 0 bridgehead atoms. The smallest absolute Gasteiger partial charge is 0.128 e. The maximum absolute atomic E-state index is 10.3. The number of phenols is 2. The minimum absolute atomic E-state index is 0.0145. The van der Waals surface area contributed by atoms with Crippen LogP contribution in [0.15, 0.2) is 36.4 Å². The van der Waals surface area contributed by atoms with Gasteiger partial charge >= 0.3 is 0 Å². The summed E-state index contributed by atoms with van der Waals surface area (Å²) < 4.78 is 9.22. The number of benzene rings is 2. The molecule has 0 aliphatic carbocycles. The number of hydrogen-bond acceptors (Lipinski definition) is 6. The first-order valence-electron chi connectivity index (χ1n) is 7.54. The molecule has 0 fully saturated rings. The Bertz CT molecular complexity index is 857. The van der Waals surface area contributed by atoms with Crippen LogP contribution < -0.4 is 4.74 Å². The Labute approximate surface area is 144 Å². The fourth-order valence-electron chi connectivity index (χ4n) is 2.54. The zero-order valence-corrected chi connectivity index (χ0v) is 14.5. The standard InChI is InChI=1S/C18H18N2O3S/c1-10(2)13-8-14(16(22)9-15(13)21)17-18(24-20-19-17)11-4-6-12(23-3)7-5-11/h4-10,21-22H,1-3H3. The van der Waals surface area contributed by atoms with E-state index < -0.39 is 0 Å². The summed E-state index contributed by atoms with van der Waals surface area (Å²) in [7, 11) is 1.62. The molecule has 2 N–H and O–H groups in total. The van der Waals surface area contributed by atoms with E-state index in [2.05, 4.69) is 9.59 Å². The first kappa shape index (κ1) is 16.3. The van der Waals surface area contributed by atoms with Crippen LogP contribution in [0.2, 0.25) is 0 Å². The lowest BCUT2D eigenvalue weighted by atomic mass is 9.96. The van der Waals surface area contributed by atoms with Gasteiger partial charge in [0, 0.05) is 11.6 Å². The topological polar surface area (TPSA) is 75.5 Å². The Hall–Kier alpha value is -2.60. The average molecular weight is 342 g/mol. The molecule has 3 rings (SSSR count). The van der Waals surface area contributed by atoms with Crippen molar-refractivity contribution in [3.8, 4) is 38.9 Å². The van der Waals surface area contributed by atoms with Gasteiger partial charge in [-0.1, -0.05) is 18.3 Å². The highest BCUT2D eigenvalue weighted by Gasteiger charge is 2.19. The van der Waals surface area contributed by atoms with Gasteiger partial charge in [0.15, 0.2) is 0 Å². The van der Waals surface area contributed by atoms with Crippen molar-refractivity contribution in [1.82, 2.24) is 9.59 Å². The summed E-state index contributed by atoms with van der Waals surface area (Å²) in [6.07, 6.45) is 0. The van der Waals surface area contributed by atoms with E-state index in [1.807, 2.05) is 38.1 Å². The van der Waals surface area contributed by atoms with Gasteiger partial charge in [0.1, 0.15) is 22.9 Å².